The zero-order valence-electron chi connectivity index (χ0n) is 10.3. The Balaban J connectivity index is 2.01. The van der Waals surface area contributed by atoms with Gasteiger partial charge in [-0.2, -0.15) is 8.78 Å². The third kappa shape index (κ3) is 4.21. The van der Waals surface area contributed by atoms with Gasteiger partial charge in [-0.15, -0.1) is 0 Å². The number of halogens is 2. The van der Waals surface area contributed by atoms with Gasteiger partial charge in [-0.1, -0.05) is 30.0 Å². The average molecular weight is 281 g/mol. The van der Waals surface area contributed by atoms with E-state index in [9.17, 15) is 8.78 Å². The number of rotatable bonds is 5. The van der Waals surface area contributed by atoms with Crippen molar-refractivity contribution >= 4 is 11.8 Å². The second-order valence-corrected chi connectivity index (χ2v) is 5.24. The van der Waals surface area contributed by atoms with Crippen LogP contribution in [0.5, 0.6) is 5.75 Å². The average Bonchev–Trinajstić information content (AvgIpc) is 2.40. The van der Waals surface area contributed by atoms with E-state index in [2.05, 4.69) is 9.72 Å². The maximum atomic E-state index is 12.0. The second-order valence-electron chi connectivity index (χ2n) is 3.88. The number of hydrogen-bond donors (Lipinski definition) is 0. The van der Waals surface area contributed by atoms with Crippen LogP contribution in [0.15, 0.2) is 53.7 Å². The lowest BCUT2D eigenvalue weighted by Gasteiger charge is -2.12. The molecule has 2 aromatic rings. The van der Waals surface area contributed by atoms with Crippen molar-refractivity contribution < 1.29 is 13.5 Å². The number of nitrogens with zero attached hydrogens (tertiary/aromatic N) is 1. The summed E-state index contributed by atoms with van der Waals surface area (Å²) in [6.07, 6.45) is 1.74. The molecule has 0 amide bonds. The molecule has 0 aliphatic carbocycles. The molecule has 100 valence electrons. The Kier molecular flexibility index (Phi) is 4.74. The fourth-order valence-electron chi connectivity index (χ4n) is 1.59. The smallest absolute Gasteiger partial charge is 0.387 e. The van der Waals surface area contributed by atoms with E-state index < -0.39 is 6.61 Å². The van der Waals surface area contributed by atoms with Crippen molar-refractivity contribution in [2.75, 3.05) is 0 Å². The Morgan fingerprint density at radius 3 is 2.42 bits per heavy atom. The number of thioether (sulfide) groups is 1. The molecule has 0 bridgehead atoms. The summed E-state index contributed by atoms with van der Waals surface area (Å²) in [5.74, 6) is 0.175. The fourth-order valence-corrected chi connectivity index (χ4v) is 2.52. The van der Waals surface area contributed by atoms with Gasteiger partial charge in [0.05, 0.1) is 5.03 Å². The van der Waals surface area contributed by atoms with Gasteiger partial charge in [-0.25, -0.2) is 4.98 Å². The number of ether oxygens (including phenoxy) is 1. The lowest BCUT2D eigenvalue weighted by atomic mass is 10.2. The highest BCUT2D eigenvalue weighted by molar-refractivity contribution is 7.99. The molecule has 1 atom stereocenters. The predicted octanol–water partition coefficient (Wildman–Crippen LogP) is 4.54. The van der Waals surface area contributed by atoms with Crippen LogP contribution in [0.2, 0.25) is 0 Å². The summed E-state index contributed by atoms with van der Waals surface area (Å²) in [4.78, 5) is 4.24. The first kappa shape index (κ1) is 13.8. The van der Waals surface area contributed by atoms with E-state index in [1.54, 1.807) is 42.2 Å². The Labute approximate surface area is 114 Å². The van der Waals surface area contributed by atoms with Crippen LogP contribution in [0.25, 0.3) is 0 Å². The second kappa shape index (κ2) is 6.52. The van der Waals surface area contributed by atoms with Crippen LogP contribution in [0.3, 0.4) is 0 Å². The highest BCUT2D eigenvalue weighted by Crippen LogP contribution is 2.34. The van der Waals surface area contributed by atoms with Crippen LogP contribution in [0.1, 0.15) is 17.7 Å². The summed E-state index contributed by atoms with van der Waals surface area (Å²) < 4.78 is 28.4. The minimum Gasteiger partial charge on any atom is -0.435 e. The molecule has 19 heavy (non-hydrogen) atoms. The zero-order chi connectivity index (χ0) is 13.7. The third-order valence-corrected chi connectivity index (χ3v) is 3.62. The largest absolute Gasteiger partial charge is 0.435 e. The molecule has 0 aliphatic rings. The van der Waals surface area contributed by atoms with Gasteiger partial charge in [0, 0.05) is 11.4 Å². The highest BCUT2D eigenvalue weighted by Gasteiger charge is 2.09. The van der Waals surface area contributed by atoms with Gasteiger partial charge in [0.2, 0.25) is 0 Å². The molecule has 0 saturated carbocycles. The van der Waals surface area contributed by atoms with Crippen LogP contribution in [0, 0.1) is 0 Å². The Hall–Kier alpha value is -1.62. The van der Waals surface area contributed by atoms with Gasteiger partial charge in [0.1, 0.15) is 5.75 Å². The Morgan fingerprint density at radius 1 is 1.11 bits per heavy atom. The van der Waals surface area contributed by atoms with Crippen LogP contribution in [-0.2, 0) is 0 Å². The van der Waals surface area contributed by atoms with Crippen LogP contribution < -0.4 is 4.74 Å². The van der Waals surface area contributed by atoms with Gasteiger partial charge in [-0.05, 0) is 36.8 Å². The normalized spacial score (nSPS) is 12.4. The van der Waals surface area contributed by atoms with Crippen molar-refractivity contribution in [3.63, 3.8) is 0 Å². The topological polar surface area (TPSA) is 22.1 Å². The van der Waals surface area contributed by atoms with E-state index >= 15 is 0 Å². The fraction of sp³-hybridized carbons (Fsp3) is 0.214. The summed E-state index contributed by atoms with van der Waals surface area (Å²) >= 11 is 1.62. The molecule has 1 heterocycles. The molecule has 1 unspecified atom stereocenters. The van der Waals surface area contributed by atoms with E-state index in [-0.39, 0.29) is 11.0 Å². The first-order valence-electron chi connectivity index (χ1n) is 5.77. The lowest BCUT2D eigenvalue weighted by molar-refractivity contribution is -0.0498. The van der Waals surface area contributed by atoms with Crippen LogP contribution >= 0.6 is 11.8 Å². The van der Waals surface area contributed by atoms with Gasteiger partial charge < -0.3 is 4.74 Å². The molecule has 2 nitrogen and oxygen atoms in total. The van der Waals surface area contributed by atoms with Gasteiger partial charge >= 0.3 is 6.61 Å². The molecule has 0 aliphatic heterocycles. The molecule has 0 saturated heterocycles. The third-order valence-electron chi connectivity index (χ3n) is 2.51. The summed E-state index contributed by atoms with van der Waals surface area (Å²) in [5.41, 5.74) is 1.04. The maximum Gasteiger partial charge on any atom is 0.387 e. The Bertz CT molecular complexity index is 505. The summed E-state index contributed by atoms with van der Waals surface area (Å²) in [7, 11) is 0. The van der Waals surface area contributed by atoms with Crippen LogP contribution in [0.4, 0.5) is 8.78 Å². The number of benzene rings is 1. The predicted molar refractivity (Wildman–Crippen MR) is 71.6 cm³/mol. The van der Waals surface area contributed by atoms with Crippen molar-refractivity contribution in [3.8, 4) is 5.75 Å². The quantitative estimate of drug-likeness (QED) is 0.751. The van der Waals surface area contributed by atoms with E-state index in [1.165, 1.54) is 0 Å². The van der Waals surface area contributed by atoms with E-state index in [0.717, 1.165) is 10.6 Å². The van der Waals surface area contributed by atoms with Gasteiger partial charge in [0.15, 0.2) is 0 Å². The summed E-state index contributed by atoms with van der Waals surface area (Å²) in [6.45, 7) is -0.742. The van der Waals surface area contributed by atoms with Crippen molar-refractivity contribution in [1.82, 2.24) is 4.98 Å². The zero-order valence-corrected chi connectivity index (χ0v) is 11.1. The number of hydrogen-bond acceptors (Lipinski definition) is 3. The van der Waals surface area contributed by atoms with Crippen molar-refractivity contribution in [1.29, 1.82) is 0 Å². The van der Waals surface area contributed by atoms with E-state index in [4.69, 9.17) is 0 Å². The molecule has 0 N–H and O–H groups in total. The first-order valence-corrected chi connectivity index (χ1v) is 6.65. The Morgan fingerprint density at radius 2 is 1.84 bits per heavy atom. The monoisotopic (exact) mass is 281 g/mol. The maximum absolute atomic E-state index is 12.0. The van der Waals surface area contributed by atoms with Crippen LogP contribution in [-0.4, -0.2) is 11.6 Å². The molecule has 5 heteroatoms. The minimum atomic E-state index is -2.79. The molecule has 1 aromatic carbocycles. The molecule has 1 aromatic heterocycles. The SMILES string of the molecule is CC(Sc1ccccn1)c1ccc(OC(F)F)cc1. The number of pyridine rings is 1. The minimum absolute atomic E-state index is 0.175. The van der Waals surface area contributed by atoms with Crippen molar-refractivity contribution in [2.45, 2.75) is 23.8 Å². The molecule has 2 rings (SSSR count). The van der Waals surface area contributed by atoms with Gasteiger partial charge in [0.25, 0.3) is 0 Å². The number of aromatic nitrogens is 1. The first-order chi connectivity index (χ1) is 9.15. The molecular formula is C14H13F2NOS. The van der Waals surface area contributed by atoms with E-state index in [1.807, 2.05) is 25.1 Å². The van der Waals surface area contributed by atoms with E-state index in [0.29, 0.717) is 0 Å². The summed E-state index contributed by atoms with van der Waals surface area (Å²) in [6, 6.07) is 12.4. The molecular weight excluding hydrogens is 268 g/mol. The standard InChI is InChI=1S/C14H13F2NOS/c1-10(19-13-4-2-3-9-17-13)11-5-7-12(8-6-11)18-14(15)16/h2-10,14H,1H3. The molecule has 0 radical (unpaired) electrons. The summed E-state index contributed by atoms with van der Waals surface area (Å²) in [5, 5.41) is 1.12. The molecule has 0 spiro atoms. The van der Waals surface area contributed by atoms with Gasteiger partial charge in [-0.3, -0.25) is 0 Å². The molecule has 0 fully saturated rings. The van der Waals surface area contributed by atoms with Crippen molar-refractivity contribution in [2.24, 2.45) is 0 Å². The number of alkyl halides is 2. The van der Waals surface area contributed by atoms with Crippen molar-refractivity contribution in [3.05, 3.63) is 54.2 Å². The highest BCUT2D eigenvalue weighted by atomic mass is 32.2. The lowest BCUT2D eigenvalue weighted by Crippen LogP contribution is -2.01.